The Bertz CT molecular complexity index is 2060. The smallest absolute Gasteiger partial charge is 0.328 e. The Morgan fingerprint density at radius 2 is 1.33 bits per heavy atom. The number of hydrogen-bond acceptors (Lipinski definition) is 15. The number of esters is 3. The molecule has 0 saturated heterocycles. The Labute approximate surface area is 392 Å². The summed E-state index contributed by atoms with van der Waals surface area (Å²) in [5, 5.41) is 0. The maximum absolute atomic E-state index is 12.6. The Hall–Kier alpha value is -5.74. The zero-order valence-electron chi connectivity index (χ0n) is 41.8. The minimum Gasteiger partial charge on any atom is -0.496 e. The van der Waals surface area contributed by atoms with Crippen LogP contribution >= 0.6 is 0 Å². The van der Waals surface area contributed by atoms with Crippen LogP contribution in [-0.2, 0) is 39.8 Å². The average Bonchev–Trinajstić information content (AvgIpc) is 3.44. The molecule has 15 nitrogen and oxygen atoms in total. The third kappa shape index (κ3) is 16.9. The molecular formula is C51H76N4O11. The van der Waals surface area contributed by atoms with Crippen molar-refractivity contribution in [2.45, 2.75) is 107 Å². The number of allylic oxidation sites excluding steroid dienone is 5. The number of rotatable bonds is 16. The van der Waals surface area contributed by atoms with E-state index in [-0.39, 0.29) is 42.0 Å². The number of benzene rings is 2. The SMILES string of the molecule is C=C/C(=C1/c2cc(OC)c(OC(=O)C(N)C(C)C)cc2CCN1CC=O)c1ccc(OC(=O)C(N)C(C)C)c(OC)c1.CC.CC(C)C(C)N.COC1=C(C)C=CC(OC)C(OC(C)=O)=C1. The number of fused-ring (bicyclic) bond motifs is 1. The Morgan fingerprint density at radius 1 is 0.788 bits per heavy atom. The summed E-state index contributed by atoms with van der Waals surface area (Å²) in [7, 11) is 6.09. The number of carbonyl (C=O) groups is 4. The lowest BCUT2D eigenvalue weighted by molar-refractivity contribution is -0.139. The zero-order chi connectivity index (χ0) is 50.4. The standard InChI is InChI=1S/C32H41N3O7.C12H16O4.C5H13N.C2H6/c1-8-22(20-9-10-24(25(15-20)39-6)41-31(37)28(33)18(2)3)30-23-17-26(40-7)27(42-32(38)29(34)19(4)5)16-21(23)11-12-35(30)13-14-36;1-8-5-6-10(14-3)12(16-9(2)13)7-11(8)15-4;1-4(2)5(3)6;1-2/h8-10,14-19,28-29H,1,11-13,33-34H2,2-7H3;5-7,10H,1-4H3;4-5H,6H2,1-3H3;1-2H3/b30-22+;;;. The lowest BCUT2D eigenvalue weighted by atomic mass is 9.90. The molecule has 2 aliphatic rings. The third-order valence-corrected chi connectivity index (χ3v) is 10.5. The first-order chi connectivity index (χ1) is 31.2. The largest absolute Gasteiger partial charge is 0.496 e. The van der Waals surface area contributed by atoms with E-state index in [1.54, 1.807) is 56.7 Å². The van der Waals surface area contributed by atoms with Gasteiger partial charge in [-0.1, -0.05) is 80.2 Å². The molecule has 366 valence electrons. The van der Waals surface area contributed by atoms with Crippen molar-refractivity contribution in [2.24, 2.45) is 35.0 Å². The number of hydrogen-bond donors (Lipinski definition) is 3. The number of ether oxygens (including phenoxy) is 7. The summed E-state index contributed by atoms with van der Waals surface area (Å²) in [5.74, 6) is 1.22. The second kappa shape index (κ2) is 29.0. The van der Waals surface area contributed by atoms with Crippen molar-refractivity contribution in [3.05, 3.63) is 95.0 Å². The molecule has 2 aromatic carbocycles. The molecule has 4 unspecified atom stereocenters. The van der Waals surface area contributed by atoms with Crippen LogP contribution in [0.3, 0.4) is 0 Å². The molecule has 0 bridgehead atoms. The molecule has 4 atom stereocenters. The van der Waals surface area contributed by atoms with E-state index in [1.165, 1.54) is 21.1 Å². The summed E-state index contributed by atoms with van der Waals surface area (Å²) < 4.78 is 37.8. The molecule has 15 heteroatoms. The van der Waals surface area contributed by atoms with Gasteiger partial charge < -0.3 is 60.1 Å². The molecule has 0 fully saturated rings. The van der Waals surface area contributed by atoms with Crippen LogP contribution < -0.4 is 36.1 Å². The van der Waals surface area contributed by atoms with Gasteiger partial charge in [-0.05, 0) is 85.1 Å². The molecule has 0 spiro atoms. The summed E-state index contributed by atoms with van der Waals surface area (Å²) in [4.78, 5) is 49.7. The van der Waals surface area contributed by atoms with Crippen LogP contribution in [0, 0.1) is 17.8 Å². The Balaban J connectivity index is 0.000000743. The van der Waals surface area contributed by atoms with E-state index in [0.29, 0.717) is 59.1 Å². The minimum atomic E-state index is -0.782. The van der Waals surface area contributed by atoms with Gasteiger partial charge in [0.05, 0.1) is 33.6 Å². The lowest BCUT2D eigenvalue weighted by Crippen LogP contribution is -2.38. The van der Waals surface area contributed by atoms with Gasteiger partial charge in [0.1, 0.15) is 36.0 Å². The maximum Gasteiger partial charge on any atom is 0.328 e. The molecule has 0 saturated carbocycles. The molecule has 0 aromatic heterocycles. The van der Waals surface area contributed by atoms with Crippen LogP contribution in [0.25, 0.3) is 11.3 Å². The molecular weight excluding hydrogens is 845 g/mol. The number of nitrogens with zero attached hydrogens (tertiary/aromatic N) is 1. The first kappa shape index (κ1) is 58.3. The van der Waals surface area contributed by atoms with Crippen molar-refractivity contribution in [1.29, 1.82) is 0 Å². The average molecular weight is 921 g/mol. The predicted molar refractivity (Wildman–Crippen MR) is 261 cm³/mol. The highest BCUT2D eigenvalue weighted by Gasteiger charge is 2.29. The van der Waals surface area contributed by atoms with Gasteiger partial charge in [-0.3, -0.25) is 4.79 Å². The summed E-state index contributed by atoms with van der Waals surface area (Å²) >= 11 is 0. The Kier molecular flexibility index (Phi) is 25.6. The second-order valence-electron chi connectivity index (χ2n) is 16.2. The van der Waals surface area contributed by atoms with Gasteiger partial charge in [0, 0.05) is 43.8 Å². The molecule has 6 N–H and O–H groups in total. The predicted octanol–water partition coefficient (Wildman–Crippen LogP) is 7.55. The van der Waals surface area contributed by atoms with Gasteiger partial charge in [-0.25, -0.2) is 9.59 Å². The summed E-state index contributed by atoms with van der Waals surface area (Å²) in [5.41, 5.74) is 22.2. The number of methoxy groups -OCH3 is 4. The van der Waals surface area contributed by atoms with Crippen molar-refractivity contribution in [2.75, 3.05) is 41.5 Å². The topological polar surface area (TPSA) is 214 Å². The fourth-order valence-corrected chi connectivity index (χ4v) is 5.96. The molecule has 66 heavy (non-hydrogen) atoms. The van der Waals surface area contributed by atoms with E-state index in [0.717, 1.165) is 28.7 Å². The van der Waals surface area contributed by atoms with Crippen LogP contribution in [0.15, 0.2) is 78.3 Å². The lowest BCUT2D eigenvalue weighted by Gasteiger charge is -2.34. The first-order valence-corrected chi connectivity index (χ1v) is 22.2. The molecule has 2 aromatic rings. The van der Waals surface area contributed by atoms with E-state index in [2.05, 4.69) is 20.4 Å². The van der Waals surface area contributed by atoms with E-state index >= 15 is 0 Å². The zero-order valence-corrected chi connectivity index (χ0v) is 41.8. The third-order valence-electron chi connectivity index (χ3n) is 10.5. The van der Waals surface area contributed by atoms with Crippen LogP contribution in [-0.4, -0.2) is 94.9 Å². The van der Waals surface area contributed by atoms with Crippen LogP contribution in [0.1, 0.15) is 92.9 Å². The van der Waals surface area contributed by atoms with Gasteiger partial charge in [0.25, 0.3) is 0 Å². The van der Waals surface area contributed by atoms with E-state index in [4.69, 9.17) is 50.4 Å². The molecule has 1 aliphatic heterocycles. The van der Waals surface area contributed by atoms with E-state index in [9.17, 15) is 19.2 Å². The van der Waals surface area contributed by atoms with Gasteiger partial charge in [0.2, 0.25) is 0 Å². The maximum atomic E-state index is 12.6. The highest BCUT2D eigenvalue weighted by molar-refractivity contribution is 5.97. The molecule has 1 aliphatic carbocycles. The van der Waals surface area contributed by atoms with Gasteiger partial charge in [-0.2, -0.15) is 0 Å². The molecule has 4 rings (SSSR count). The molecule has 0 radical (unpaired) electrons. The van der Waals surface area contributed by atoms with Crippen LogP contribution in [0.5, 0.6) is 23.0 Å². The van der Waals surface area contributed by atoms with E-state index in [1.807, 2.05) is 72.4 Å². The summed E-state index contributed by atoms with van der Waals surface area (Å²) in [6, 6.07) is 7.51. The normalized spacial score (nSPS) is 16.2. The fourth-order valence-electron chi connectivity index (χ4n) is 5.96. The highest BCUT2D eigenvalue weighted by Crippen LogP contribution is 2.42. The number of nitrogens with two attached hydrogens (primary N) is 3. The summed E-state index contributed by atoms with van der Waals surface area (Å²) in [6.07, 6.45) is 8.12. The monoisotopic (exact) mass is 921 g/mol. The van der Waals surface area contributed by atoms with Crippen LogP contribution in [0.2, 0.25) is 0 Å². The van der Waals surface area contributed by atoms with Crippen molar-refractivity contribution < 1.29 is 52.3 Å². The quantitative estimate of drug-likeness (QED) is 0.0842. The Morgan fingerprint density at radius 3 is 1.79 bits per heavy atom. The summed E-state index contributed by atoms with van der Waals surface area (Å²) in [6.45, 7) is 25.6. The van der Waals surface area contributed by atoms with Crippen molar-refractivity contribution in [1.82, 2.24) is 4.90 Å². The van der Waals surface area contributed by atoms with E-state index < -0.39 is 24.0 Å². The van der Waals surface area contributed by atoms with Crippen molar-refractivity contribution >= 4 is 35.5 Å². The number of aldehydes is 1. The van der Waals surface area contributed by atoms with Gasteiger partial charge in [-0.15, -0.1) is 0 Å². The number of carbonyl (C=O) groups excluding carboxylic acids is 4. The fraction of sp³-hybridized carbons (Fsp3) is 0.490. The minimum absolute atomic E-state index is 0.0944. The van der Waals surface area contributed by atoms with Crippen molar-refractivity contribution in [3.63, 3.8) is 0 Å². The van der Waals surface area contributed by atoms with Crippen molar-refractivity contribution in [3.8, 4) is 23.0 Å². The van der Waals surface area contributed by atoms with Gasteiger partial charge >= 0.3 is 17.9 Å². The first-order valence-electron chi connectivity index (χ1n) is 22.2. The highest BCUT2D eigenvalue weighted by atomic mass is 16.6. The van der Waals surface area contributed by atoms with Gasteiger partial charge in [0.15, 0.2) is 23.0 Å². The second-order valence-corrected chi connectivity index (χ2v) is 16.2. The molecule has 0 amide bonds. The molecule has 1 heterocycles. The van der Waals surface area contributed by atoms with Crippen LogP contribution in [0.4, 0.5) is 0 Å².